The largest absolute Gasteiger partial charge is 0.293 e. The first-order chi connectivity index (χ1) is 16.2. The van der Waals surface area contributed by atoms with Crippen LogP contribution >= 0.6 is 24.0 Å². The molecule has 178 valence electrons. The van der Waals surface area contributed by atoms with Gasteiger partial charge in [0.25, 0.3) is 15.9 Å². The standard InChI is InChI=1S/C24H25N3O4S3/c1-17-10-12-20(13-11-17)34(30,31)26-25-22(28)9-6-14-27-23(29)21(33-24(27)32)16-18(2)15-19-7-4-3-5-8-19/h3-5,7-8,10-13,15-16,26H,6,9,14H2,1-2H3,(H,25,28)/b18-15+,21-16-. The van der Waals surface area contributed by atoms with Crippen molar-refractivity contribution < 1.29 is 18.0 Å². The minimum atomic E-state index is -3.86. The Labute approximate surface area is 209 Å². The minimum Gasteiger partial charge on any atom is -0.293 e. The van der Waals surface area contributed by atoms with Crippen LogP contribution < -0.4 is 10.3 Å². The van der Waals surface area contributed by atoms with Crippen LogP contribution in [0.3, 0.4) is 0 Å². The van der Waals surface area contributed by atoms with E-state index < -0.39 is 15.9 Å². The van der Waals surface area contributed by atoms with E-state index in [0.29, 0.717) is 15.6 Å². The van der Waals surface area contributed by atoms with Gasteiger partial charge in [0, 0.05) is 13.0 Å². The highest BCUT2D eigenvalue weighted by atomic mass is 32.2. The highest BCUT2D eigenvalue weighted by Crippen LogP contribution is 2.32. The van der Waals surface area contributed by atoms with Gasteiger partial charge in [-0.1, -0.05) is 78.1 Å². The monoisotopic (exact) mass is 515 g/mol. The van der Waals surface area contributed by atoms with Gasteiger partial charge < -0.3 is 0 Å². The molecule has 1 aliphatic rings. The van der Waals surface area contributed by atoms with E-state index in [1.165, 1.54) is 28.8 Å². The normalized spacial score (nSPS) is 15.8. The molecular weight excluding hydrogens is 490 g/mol. The molecule has 1 saturated heterocycles. The molecule has 0 bridgehead atoms. The Kier molecular flexibility index (Phi) is 8.78. The second-order valence-electron chi connectivity index (χ2n) is 7.70. The number of amides is 2. The fourth-order valence-electron chi connectivity index (χ4n) is 3.11. The van der Waals surface area contributed by atoms with E-state index in [0.717, 1.165) is 16.7 Å². The lowest BCUT2D eigenvalue weighted by atomic mass is 10.1. The Bertz CT molecular complexity index is 1240. The van der Waals surface area contributed by atoms with Gasteiger partial charge in [-0.05, 0) is 49.6 Å². The van der Waals surface area contributed by atoms with Crippen LogP contribution in [-0.2, 0) is 19.6 Å². The Hall–Kier alpha value is -2.79. The van der Waals surface area contributed by atoms with Crippen LogP contribution in [-0.4, -0.2) is 36.0 Å². The number of thiocarbonyl (C=S) groups is 1. The van der Waals surface area contributed by atoms with Gasteiger partial charge in [-0.2, -0.15) is 0 Å². The van der Waals surface area contributed by atoms with Crippen molar-refractivity contribution in [1.29, 1.82) is 0 Å². The van der Waals surface area contributed by atoms with Crippen molar-refractivity contribution in [2.75, 3.05) is 6.54 Å². The number of carbonyl (C=O) groups excluding carboxylic acids is 2. The second-order valence-corrected chi connectivity index (χ2v) is 11.1. The maximum Gasteiger partial charge on any atom is 0.266 e. The van der Waals surface area contributed by atoms with Crippen LogP contribution in [0.5, 0.6) is 0 Å². The number of hydrogen-bond donors (Lipinski definition) is 2. The zero-order chi connectivity index (χ0) is 24.7. The predicted octanol–water partition coefficient (Wildman–Crippen LogP) is 3.93. The zero-order valence-electron chi connectivity index (χ0n) is 18.8. The molecule has 0 aliphatic carbocycles. The summed E-state index contributed by atoms with van der Waals surface area (Å²) in [7, 11) is -3.86. The number of allylic oxidation sites excluding steroid dienone is 2. The molecule has 0 unspecified atom stereocenters. The van der Waals surface area contributed by atoms with Crippen LogP contribution in [0.2, 0.25) is 0 Å². The third kappa shape index (κ3) is 7.10. The second kappa shape index (κ2) is 11.6. The number of thioether (sulfide) groups is 1. The van der Waals surface area contributed by atoms with E-state index in [-0.39, 0.29) is 23.8 Å². The first-order valence-corrected chi connectivity index (χ1v) is 13.2. The molecule has 1 fully saturated rings. The van der Waals surface area contributed by atoms with Crippen molar-refractivity contribution in [2.45, 2.75) is 31.6 Å². The number of carbonyl (C=O) groups is 2. The molecule has 2 aromatic rings. The summed E-state index contributed by atoms with van der Waals surface area (Å²) in [5.74, 6) is -0.699. The summed E-state index contributed by atoms with van der Waals surface area (Å²) < 4.78 is 24.9. The van der Waals surface area contributed by atoms with Crippen molar-refractivity contribution in [3.8, 4) is 0 Å². The van der Waals surface area contributed by atoms with E-state index in [1.807, 2.05) is 50.3 Å². The van der Waals surface area contributed by atoms with Gasteiger partial charge >= 0.3 is 0 Å². The molecule has 0 spiro atoms. The third-order valence-corrected chi connectivity index (χ3v) is 7.51. The molecule has 10 heteroatoms. The molecule has 7 nitrogen and oxygen atoms in total. The highest BCUT2D eigenvalue weighted by molar-refractivity contribution is 8.26. The first-order valence-electron chi connectivity index (χ1n) is 10.5. The number of hydrogen-bond acceptors (Lipinski definition) is 6. The van der Waals surface area contributed by atoms with Crippen molar-refractivity contribution in [3.05, 3.63) is 82.3 Å². The quantitative estimate of drug-likeness (QED) is 0.299. The molecule has 0 atom stereocenters. The fraction of sp³-hybridized carbons (Fsp3) is 0.208. The molecule has 0 aromatic heterocycles. The molecule has 0 saturated carbocycles. The lowest BCUT2D eigenvalue weighted by molar-refractivity contribution is -0.124. The summed E-state index contributed by atoms with van der Waals surface area (Å²) in [5.41, 5.74) is 5.09. The van der Waals surface area contributed by atoms with Gasteiger partial charge in [-0.15, -0.1) is 4.83 Å². The fourth-order valence-corrected chi connectivity index (χ4v) is 5.33. The number of sulfonamides is 1. The molecule has 3 rings (SSSR count). The highest BCUT2D eigenvalue weighted by Gasteiger charge is 2.31. The van der Waals surface area contributed by atoms with Crippen LogP contribution in [0.4, 0.5) is 0 Å². The number of benzene rings is 2. The molecular formula is C24H25N3O4S3. The first kappa shape index (κ1) is 25.8. The lowest BCUT2D eigenvalue weighted by Gasteiger charge is -2.14. The number of aryl methyl sites for hydroxylation is 1. The van der Waals surface area contributed by atoms with Gasteiger partial charge in [0.2, 0.25) is 5.91 Å². The number of rotatable bonds is 9. The average molecular weight is 516 g/mol. The molecule has 2 amide bonds. The van der Waals surface area contributed by atoms with E-state index in [9.17, 15) is 18.0 Å². The maximum absolute atomic E-state index is 12.7. The van der Waals surface area contributed by atoms with Crippen molar-refractivity contribution in [2.24, 2.45) is 0 Å². The molecule has 1 aliphatic heterocycles. The maximum atomic E-state index is 12.7. The van der Waals surface area contributed by atoms with Gasteiger partial charge in [0.1, 0.15) is 4.32 Å². The van der Waals surface area contributed by atoms with Gasteiger partial charge in [-0.25, -0.2) is 8.42 Å². The summed E-state index contributed by atoms with van der Waals surface area (Å²) in [6, 6.07) is 16.1. The molecule has 2 aromatic carbocycles. The average Bonchev–Trinajstić information content (AvgIpc) is 3.06. The lowest BCUT2D eigenvalue weighted by Crippen LogP contribution is -2.41. The van der Waals surface area contributed by atoms with Crippen molar-refractivity contribution in [3.63, 3.8) is 0 Å². The summed E-state index contributed by atoms with van der Waals surface area (Å²) in [6.07, 6.45) is 4.14. The molecule has 34 heavy (non-hydrogen) atoms. The Balaban J connectivity index is 1.49. The minimum absolute atomic E-state index is 0.0272. The molecule has 2 N–H and O–H groups in total. The van der Waals surface area contributed by atoms with Gasteiger partial charge in [-0.3, -0.25) is 19.9 Å². The van der Waals surface area contributed by atoms with Crippen molar-refractivity contribution >= 4 is 56.2 Å². The number of nitrogens with one attached hydrogen (secondary N) is 2. The molecule has 1 heterocycles. The Morgan fingerprint density at radius 3 is 2.47 bits per heavy atom. The summed E-state index contributed by atoms with van der Waals surface area (Å²) in [5, 5.41) is 0. The van der Waals surface area contributed by atoms with E-state index in [4.69, 9.17) is 12.2 Å². The van der Waals surface area contributed by atoms with E-state index in [1.54, 1.807) is 18.2 Å². The Morgan fingerprint density at radius 1 is 1.12 bits per heavy atom. The summed E-state index contributed by atoms with van der Waals surface area (Å²) in [6.45, 7) is 4.03. The zero-order valence-corrected chi connectivity index (χ0v) is 21.2. The Morgan fingerprint density at radius 2 is 1.79 bits per heavy atom. The van der Waals surface area contributed by atoms with Gasteiger partial charge in [0.05, 0.1) is 9.80 Å². The summed E-state index contributed by atoms with van der Waals surface area (Å²) in [4.78, 5) is 29.0. The number of hydrazine groups is 1. The van der Waals surface area contributed by atoms with Crippen LogP contribution in [0.25, 0.3) is 6.08 Å². The van der Waals surface area contributed by atoms with E-state index in [2.05, 4.69) is 10.3 Å². The third-order valence-electron chi connectivity index (χ3n) is 4.87. The van der Waals surface area contributed by atoms with E-state index >= 15 is 0 Å². The topological polar surface area (TPSA) is 95.6 Å². The SMILES string of the molecule is CC(/C=C1\SC(=S)N(CCCC(=O)NNS(=O)(=O)c2ccc(C)cc2)C1=O)=C\c1ccccc1. The summed E-state index contributed by atoms with van der Waals surface area (Å²) >= 11 is 6.56. The van der Waals surface area contributed by atoms with Crippen LogP contribution in [0.1, 0.15) is 30.9 Å². The van der Waals surface area contributed by atoms with Crippen molar-refractivity contribution in [1.82, 2.24) is 15.2 Å². The molecule has 0 radical (unpaired) electrons. The predicted molar refractivity (Wildman–Crippen MR) is 139 cm³/mol. The smallest absolute Gasteiger partial charge is 0.266 e. The van der Waals surface area contributed by atoms with Crippen LogP contribution in [0.15, 0.2) is 76.0 Å². The van der Waals surface area contributed by atoms with Gasteiger partial charge in [0.15, 0.2) is 0 Å². The number of nitrogens with zero attached hydrogens (tertiary/aromatic N) is 1. The van der Waals surface area contributed by atoms with Crippen LogP contribution in [0, 0.1) is 6.92 Å².